The van der Waals surface area contributed by atoms with Crippen LogP contribution in [0.4, 0.5) is 0 Å². The van der Waals surface area contributed by atoms with Crippen molar-refractivity contribution in [3.05, 3.63) is 24.3 Å². The van der Waals surface area contributed by atoms with Gasteiger partial charge in [0.1, 0.15) is 5.75 Å². The van der Waals surface area contributed by atoms with Crippen molar-refractivity contribution in [2.24, 2.45) is 5.92 Å². The molecule has 1 saturated heterocycles. The van der Waals surface area contributed by atoms with Crippen molar-refractivity contribution in [1.29, 1.82) is 0 Å². The highest BCUT2D eigenvalue weighted by molar-refractivity contribution is 7.89. The van der Waals surface area contributed by atoms with Gasteiger partial charge in [0.25, 0.3) is 0 Å². The van der Waals surface area contributed by atoms with Gasteiger partial charge in [-0.2, -0.15) is 4.31 Å². The number of benzene rings is 1. The van der Waals surface area contributed by atoms with Crippen molar-refractivity contribution < 1.29 is 13.2 Å². The van der Waals surface area contributed by atoms with Gasteiger partial charge in [-0.05, 0) is 56.6 Å². The summed E-state index contributed by atoms with van der Waals surface area (Å²) in [4.78, 5) is 0.346. The molecule has 0 aromatic heterocycles. The zero-order chi connectivity index (χ0) is 15.3. The van der Waals surface area contributed by atoms with Gasteiger partial charge in [-0.1, -0.05) is 6.92 Å². The highest BCUT2D eigenvalue weighted by Crippen LogP contribution is 2.25. The maximum Gasteiger partial charge on any atom is 0.243 e. The largest absolute Gasteiger partial charge is 0.494 e. The van der Waals surface area contributed by atoms with Gasteiger partial charge in [0.2, 0.25) is 10.0 Å². The van der Waals surface area contributed by atoms with E-state index in [2.05, 4.69) is 12.2 Å². The molecule has 1 unspecified atom stereocenters. The van der Waals surface area contributed by atoms with Crippen molar-refractivity contribution in [3.63, 3.8) is 0 Å². The summed E-state index contributed by atoms with van der Waals surface area (Å²) < 4.78 is 32.1. The normalized spacial score (nSPS) is 19.8. The number of hydrogen-bond acceptors (Lipinski definition) is 4. The second-order valence-electron chi connectivity index (χ2n) is 5.53. The molecule has 1 atom stereocenters. The van der Waals surface area contributed by atoms with Crippen LogP contribution in [-0.2, 0) is 10.0 Å². The molecule has 1 aliphatic heterocycles. The van der Waals surface area contributed by atoms with Crippen molar-refractivity contribution in [1.82, 2.24) is 9.62 Å². The standard InChI is InChI=1S/C15H24N2O3S/c1-13-8-10-17(12-13)21(18,19)15-6-4-14(5-7-15)20-11-3-9-16-2/h4-7,13,16H,3,8-12H2,1-2H3. The first kappa shape index (κ1) is 16.3. The van der Waals surface area contributed by atoms with Crippen LogP contribution < -0.4 is 10.1 Å². The molecule has 118 valence electrons. The molecule has 1 fully saturated rings. The van der Waals surface area contributed by atoms with Crippen molar-refractivity contribution in [2.75, 3.05) is 33.3 Å². The number of rotatable bonds is 7. The number of nitrogens with one attached hydrogen (secondary N) is 1. The quantitative estimate of drug-likeness (QED) is 0.779. The average Bonchev–Trinajstić information content (AvgIpc) is 2.91. The lowest BCUT2D eigenvalue weighted by atomic mass is 10.2. The summed E-state index contributed by atoms with van der Waals surface area (Å²) in [6, 6.07) is 6.72. The Morgan fingerprint density at radius 1 is 1.33 bits per heavy atom. The topological polar surface area (TPSA) is 58.6 Å². The Bertz CT molecular complexity index is 543. The Hall–Kier alpha value is -1.11. The molecular formula is C15H24N2O3S. The molecule has 6 heteroatoms. The molecule has 0 bridgehead atoms. The molecule has 0 radical (unpaired) electrons. The average molecular weight is 312 g/mol. The second kappa shape index (κ2) is 7.24. The van der Waals surface area contributed by atoms with Crippen molar-refractivity contribution in [3.8, 4) is 5.75 Å². The minimum atomic E-state index is -3.35. The lowest BCUT2D eigenvalue weighted by Gasteiger charge is -2.16. The maximum absolute atomic E-state index is 12.5. The first-order chi connectivity index (χ1) is 10.0. The summed E-state index contributed by atoms with van der Waals surface area (Å²) in [5.41, 5.74) is 0. The molecule has 2 rings (SSSR count). The molecule has 0 saturated carbocycles. The lowest BCUT2D eigenvalue weighted by molar-refractivity contribution is 0.309. The molecule has 1 aromatic rings. The third-order valence-corrected chi connectivity index (χ3v) is 5.57. The molecule has 1 heterocycles. The van der Waals surface area contributed by atoms with Crippen molar-refractivity contribution in [2.45, 2.75) is 24.7 Å². The fraction of sp³-hybridized carbons (Fsp3) is 0.600. The zero-order valence-corrected chi connectivity index (χ0v) is 13.5. The Morgan fingerprint density at radius 2 is 2.05 bits per heavy atom. The van der Waals surface area contributed by atoms with Crippen LogP contribution in [-0.4, -0.2) is 46.0 Å². The van der Waals surface area contributed by atoms with Gasteiger partial charge in [0.15, 0.2) is 0 Å². The summed E-state index contributed by atoms with van der Waals surface area (Å²) in [5.74, 6) is 1.15. The SMILES string of the molecule is CNCCCOc1ccc(S(=O)(=O)N2CCC(C)C2)cc1. The highest BCUT2D eigenvalue weighted by atomic mass is 32.2. The van der Waals surface area contributed by atoms with Gasteiger partial charge in [-0.3, -0.25) is 0 Å². The Kier molecular flexibility index (Phi) is 5.61. The lowest BCUT2D eigenvalue weighted by Crippen LogP contribution is -2.28. The fourth-order valence-electron chi connectivity index (χ4n) is 2.41. The molecule has 21 heavy (non-hydrogen) atoms. The van der Waals surface area contributed by atoms with E-state index in [0.29, 0.717) is 36.3 Å². The Labute approximate surface area is 127 Å². The van der Waals surface area contributed by atoms with Crippen LogP contribution in [0, 0.1) is 5.92 Å². The molecular weight excluding hydrogens is 288 g/mol. The predicted molar refractivity (Wildman–Crippen MR) is 83.0 cm³/mol. The van der Waals surface area contributed by atoms with Gasteiger partial charge >= 0.3 is 0 Å². The number of ether oxygens (including phenoxy) is 1. The van der Waals surface area contributed by atoms with E-state index in [1.54, 1.807) is 28.6 Å². The van der Waals surface area contributed by atoms with E-state index in [9.17, 15) is 8.42 Å². The van der Waals surface area contributed by atoms with Gasteiger partial charge in [-0.15, -0.1) is 0 Å². The number of nitrogens with zero attached hydrogens (tertiary/aromatic N) is 1. The van der Waals surface area contributed by atoms with E-state index in [-0.39, 0.29) is 0 Å². The highest BCUT2D eigenvalue weighted by Gasteiger charge is 2.30. The first-order valence-corrected chi connectivity index (χ1v) is 8.85. The Balaban J connectivity index is 1.98. The molecule has 1 N–H and O–H groups in total. The summed E-state index contributed by atoms with van der Waals surface area (Å²) in [6.07, 6.45) is 1.86. The molecule has 0 aliphatic carbocycles. The van der Waals surface area contributed by atoms with Crippen LogP contribution in [0.3, 0.4) is 0 Å². The maximum atomic E-state index is 12.5. The van der Waals surface area contributed by atoms with Crippen LogP contribution in [0.25, 0.3) is 0 Å². The van der Waals surface area contributed by atoms with Gasteiger partial charge < -0.3 is 10.1 Å². The van der Waals surface area contributed by atoms with E-state index < -0.39 is 10.0 Å². The summed E-state index contributed by atoms with van der Waals surface area (Å²) in [6.45, 7) is 4.84. The minimum absolute atomic E-state index is 0.346. The summed E-state index contributed by atoms with van der Waals surface area (Å²) in [5, 5.41) is 3.05. The summed E-state index contributed by atoms with van der Waals surface area (Å²) in [7, 11) is -1.45. The number of sulfonamides is 1. The first-order valence-electron chi connectivity index (χ1n) is 7.41. The van der Waals surface area contributed by atoms with Crippen LogP contribution >= 0.6 is 0 Å². The van der Waals surface area contributed by atoms with Crippen LogP contribution in [0.15, 0.2) is 29.2 Å². The molecule has 5 nitrogen and oxygen atoms in total. The third-order valence-electron chi connectivity index (χ3n) is 3.69. The smallest absolute Gasteiger partial charge is 0.243 e. The van der Waals surface area contributed by atoms with Gasteiger partial charge in [-0.25, -0.2) is 8.42 Å². The van der Waals surface area contributed by atoms with Gasteiger partial charge in [0, 0.05) is 13.1 Å². The predicted octanol–water partition coefficient (Wildman–Crippen LogP) is 1.71. The third kappa shape index (κ3) is 4.18. The van der Waals surface area contributed by atoms with Crippen molar-refractivity contribution >= 4 is 10.0 Å². The monoisotopic (exact) mass is 312 g/mol. The molecule has 1 aromatic carbocycles. The van der Waals surface area contributed by atoms with E-state index in [4.69, 9.17) is 4.74 Å². The number of hydrogen-bond donors (Lipinski definition) is 1. The van der Waals surface area contributed by atoms with E-state index in [0.717, 1.165) is 19.4 Å². The fourth-order valence-corrected chi connectivity index (χ4v) is 3.98. The van der Waals surface area contributed by atoms with Crippen LogP contribution in [0.2, 0.25) is 0 Å². The minimum Gasteiger partial charge on any atom is -0.494 e. The molecule has 0 amide bonds. The van der Waals surface area contributed by atoms with E-state index >= 15 is 0 Å². The van der Waals surface area contributed by atoms with Crippen LogP contribution in [0.1, 0.15) is 19.8 Å². The molecule has 0 spiro atoms. The second-order valence-corrected chi connectivity index (χ2v) is 7.47. The van der Waals surface area contributed by atoms with E-state index in [1.807, 2.05) is 7.05 Å². The van der Waals surface area contributed by atoms with Gasteiger partial charge in [0.05, 0.1) is 11.5 Å². The molecule has 1 aliphatic rings. The zero-order valence-electron chi connectivity index (χ0n) is 12.7. The Morgan fingerprint density at radius 3 is 2.62 bits per heavy atom. The summed E-state index contributed by atoms with van der Waals surface area (Å²) >= 11 is 0. The van der Waals surface area contributed by atoms with E-state index in [1.165, 1.54) is 0 Å². The van der Waals surface area contributed by atoms with Crippen LogP contribution in [0.5, 0.6) is 5.75 Å².